The summed E-state index contributed by atoms with van der Waals surface area (Å²) in [5.74, 6) is 0.648. The van der Waals surface area contributed by atoms with Gasteiger partial charge in [-0.1, -0.05) is 11.6 Å². The molecule has 1 aromatic rings. The van der Waals surface area contributed by atoms with Gasteiger partial charge in [-0.3, -0.25) is 4.79 Å². The highest BCUT2D eigenvalue weighted by atomic mass is 35.5. The summed E-state index contributed by atoms with van der Waals surface area (Å²) in [7, 11) is 1.57. The summed E-state index contributed by atoms with van der Waals surface area (Å²) in [6.07, 6.45) is 1.96. The first-order valence-corrected chi connectivity index (χ1v) is 6.85. The van der Waals surface area contributed by atoms with Crippen molar-refractivity contribution in [2.75, 3.05) is 25.5 Å². The second-order valence-electron chi connectivity index (χ2n) is 4.83. The molecule has 1 amide bonds. The van der Waals surface area contributed by atoms with Gasteiger partial charge in [0.05, 0.1) is 18.7 Å². The van der Waals surface area contributed by atoms with Crippen LogP contribution < -0.4 is 15.4 Å². The summed E-state index contributed by atoms with van der Waals surface area (Å²) in [6.45, 7) is 3.63. The minimum Gasteiger partial charge on any atom is -0.495 e. The van der Waals surface area contributed by atoms with Crippen molar-refractivity contribution in [3.8, 4) is 5.75 Å². The molecular formula is C14H20Cl2N2O2. The highest BCUT2D eigenvalue weighted by Gasteiger charge is 2.22. The zero-order valence-electron chi connectivity index (χ0n) is 11.7. The lowest BCUT2D eigenvalue weighted by atomic mass is 9.98. The van der Waals surface area contributed by atoms with E-state index in [2.05, 4.69) is 10.6 Å². The lowest BCUT2D eigenvalue weighted by molar-refractivity contribution is -0.120. The van der Waals surface area contributed by atoms with Crippen molar-refractivity contribution < 1.29 is 9.53 Å². The Hall–Kier alpha value is -0.970. The predicted molar refractivity (Wildman–Crippen MR) is 84.2 cm³/mol. The lowest BCUT2D eigenvalue weighted by Gasteiger charge is -2.22. The number of carbonyl (C=O) groups excluding carboxylic acids is 1. The molecule has 1 saturated heterocycles. The second kappa shape index (κ2) is 7.72. The molecule has 0 saturated carbocycles. The number of amides is 1. The zero-order chi connectivity index (χ0) is 13.8. The Balaban J connectivity index is 0.00000200. The fourth-order valence-electron chi connectivity index (χ4n) is 2.24. The Morgan fingerprint density at radius 3 is 2.85 bits per heavy atom. The lowest BCUT2D eigenvalue weighted by Crippen LogP contribution is -2.37. The van der Waals surface area contributed by atoms with Crippen LogP contribution in [-0.2, 0) is 4.79 Å². The molecule has 1 heterocycles. The van der Waals surface area contributed by atoms with E-state index in [1.165, 1.54) is 0 Å². The van der Waals surface area contributed by atoms with Gasteiger partial charge in [0.15, 0.2) is 0 Å². The molecule has 4 nitrogen and oxygen atoms in total. The van der Waals surface area contributed by atoms with E-state index in [1.807, 2.05) is 13.0 Å². The number of carbonyl (C=O) groups is 1. The van der Waals surface area contributed by atoms with E-state index in [0.29, 0.717) is 16.5 Å². The summed E-state index contributed by atoms with van der Waals surface area (Å²) < 4.78 is 5.25. The summed E-state index contributed by atoms with van der Waals surface area (Å²) >= 11 is 6.05. The smallest absolute Gasteiger partial charge is 0.228 e. The predicted octanol–water partition coefficient (Wildman–Crippen LogP) is 3.02. The van der Waals surface area contributed by atoms with Gasteiger partial charge in [0.1, 0.15) is 5.75 Å². The number of methoxy groups -OCH3 is 1. The Morgan fingerprint density at radius 1 is 1.50 bits per heavy atom. The van der Waals surface area contributed by atoms with Gasteiger partial charge in [0.2, 0.25) is 5.91 Å². The maximum absolute atomic E-state index is 12.2. The van der Waals surface area contributed by atoms with Gasteiger partial charge in [0.25, 0.3) is 0 Å². The Kier molecular flexibility index (Phi) is 6.59. The average molecular weight is 319 g/mol. The van der Waals surface area contributed by atoms with Gasteiger partial charge < -0.3 is 15.4 Å². The fourth-order valence-corrected chi connectivity index (χ4v) is 2.39. The second-order valence-corrected chi connectivity index (χ2v) is 5.24. The number of benzene rings is 1. The molecule has 6 heteroatoms. The van der Waals surface area contributed by atoms with Crippen LogP contribution in [0.3, 0.4) is 0 Å². The number of ether oxygens (including phenoxy) is 1. The molecule has 20 heavy (non-hydrogen) atoms. The molecule has 0 aliphatic carbocycles. The largest absolute Gasteiger partial charge is 0.495 e. The van der Waals surface area contributed by atoms with Crippen molar-refractivity contribution in [1.29, 1.82) is 0 Å². The minimum absolute atomic E-state index is 0. The Morgan fingerprint density at radius 2 is 2.25 bits per heavy atom. The van der Waals surface area contributed by atoms with Crippen molar-refractivity contribution >= 4 is 35.6 Å². The Bertz CT molecular complexity index is 474. The van der Waals surface area contributed by atoms with E-state index in [9.17, 15) is 4.79 Å². The topological polar surface area (TPSA) is 50.4 Å². The van der Waals surface area contributed by atoms with Crippen LogP contribution in [0.1, 0.15) is 18.4 Å². The van der Waals surface area contributed by atoms with E-state index in [1.54, 1.807) is 13.2 Å². The monoisotopic (exact) mass is 318 g/mol. The number of hydrogen-bond acceptors (Lipinski definition) is 3. The number of anilines is 1. The van der Waals surface area contributed by atoms with Gasteiger partial charge in [-0.05, 0) is 37.9 Å². The van der Waals surface area contributed by atoms with Gasteiger partial charge in [-0.25, -0.2) is 0 Å². The van der Waals surface area contributed by atoms with Crippen LogP contribution in [0, 0.1) is 12.8 Å². The molecule has 0 radical (unpaired) electrons. The van der Waals surface area contributed by atoms with Gasteiger partial charge in [-0.2, -0.15) is 0 Å². The van der Waals surface area contributed by atoms with Crippen LogP contribution in [0.5, 0.6) is 5.75 Å². The first kappa shape index (κ1) is 17.1. The van der Waals surface area contributed by atoms with E-state index in [0.717, 1.165) is 31.5 Å². The third-order valence-electron chi connectivity index (χ3n) is 3.41. The van der Waals surface area contributed by atoms with Crippen LogP contribution in [0.15, 0.2) is 12.1 Å². The summed E-state index contributed by atoms with van der Waals surface area (Å²) in [6, 6.07) is 3.57. The summed E-state index contributed by atoms with van der Waals surface area (Å²) in [4.78, 5) is 12.2. The van der Waals surface area contributed by atoms with Crippen molar-refractivity contribution in [3.63, 3.8) is 0 Å². The number of rotatable bonds is 3. The van der Waals surface area contributed by atoms with E-state index in [4.69, 9.17) is 16.3 Å². The first-order valence-electron chi connectivity index (χ1n) is 6.47. The van der Waals surface area contributed by atoms with Crippen molar-refractivity contribution in [3.05, 3.63) is 22.7 Å². The molecule has 1 fully saturated rings. The molecule has 0 spiro atoms. The van der Waals surface area contributed by atoms with Gasteiger partial charge in [0, 0.05) is 17.6 Å². The molecule has 0 bridgehead atoms. The van der Waals surface area contributed by atoms with Crippen molar-refractivity contribution in [1.82, 2.24) is 5.32 Å². The molecule has 2 rings (SSSR count). The van der Waals surface area contributed by atoms with Crippen molar-refractivity contribution in [2.45, 2.75) is 19.8 Å². The van der Waals surface area contributed by atoms with Crippen molar-refractivity contribution in [2.24, 2.45) is 5.92 Å². The van der Waals surface area contributed by atoms with Gasteiger partial charge >= 0.3 is 0 Å². The molecule has 1 unspecified atom stereocenters. The standard InChI is InChI=1S/C14H19ClN2O2.ClH/c1-9-6-12(13(19-2)7-11(9)15)17-14(18)10-4-3-5-16-8-10;/h6-7,10,16H,3-5,8H2,1-2H3,(H,17,18);1H. The van der Waals surface area contributed by atoms with Crippen LogP contribution in [-0.4, -0.2) is 26.1 Å². The number of piperidine rings is 1. The molecule has 1 aliphatic heterocycles. The Labute approximate surface area is 130 Å². The number of nitrogens with one attached hydrogen (secondary N) is 2. The third-order valence-corrected chi connectivity index (χ3v) is 3.81. The summed E-state index contributed by atoms with van der Waals surface area (Å²) in [5, 5.41) is 6.81. The van der Waals surface area contributed by atoms with Gasteiger partial charge in [-0.15, -0.1) is 12.4 Å². The molecular weight excluding hydrogens is 299 g/mol. The fraction of sp³-hybridized carbons (Fsp3) is 0.500. The molecule has 1 atom stereocenters. The van der Waals surface area contributed by atoms with E-state index in [-0.39, 0.29) is 24.2 Å². The normalized spacial score (nSPS) is 18.1. The maximum atomic E-state index is 12.2. The average Bonchev–Trinajstić information content (AvgIpc) is 2.43. The molecule has 0 aromatic heterocycles. The molecule has 1 aliphatic rings. The number of halogens is 2. The SMILES string of the molecule is COc1cc(Cl)c(C)cc1NC(=O)C1CCCNC1.Cl. The highest BCUT2D eigenvalue weighted by molar-refractivity contribution is 6.31. The zero-order valence-corrected chi connectivity index (χ0v) is 13.2. The van der Waals surface area contributed by atoms with E-state index < -0.39 is 0 Å². The minimum atomic E-state index is 0. The summed E-state index contributed by atoms with van der Waals surface area (Å²) in [5.41, 5.74) is 1.60. The highest BCUT2D eigenvalue weighted by Crippen LogP contribution is 2.31. The first-order chi connectivity index (χ1) is 9.11. The quantitative estimate of drug-likeness (QED) is 0.900. The number of hydrogen-bond donors (Lipinski definition) is 2. The van der Waals surface area contributed by atoms with E-state index >= 15 is 0 Å². The van der Waals surface area contributed by atoms with Crippen LogP contribution >= 0.6 is 24.0 Å². The third kappa shape index (κ3) is 4.01. The van der Waals surface area contributed by atoms with Crippen LogP contribution in [0.4, 0.5) is 5.69 Å². The maximum Gasteiger partial charge on any atom is 0.228 e. The molecule has 1 aromatic carbocycles. The van der Waals surface area contributed by atoms with Crippen LogP contribution in [0.2, 0.25) is 5.02 Å². The molecule has 2 N–H and O–H groups in total. The molecule has 112 valence electrons. The van der Waals surface area contributed by atoms with Crippen LogP contribution in [0.25, 0.3) is 0 Å². The number of aryl methyl sites for hydroxylation is 1.